The van der Waals surface area contributed by atoms with Gasteiger partial charge in [-0.2, -0.15) is 0 Å². The molecule has 2 aliphatic carbocycles. The summed E-state index contributed by atoms with van der Waals surface area (Å²) in [5, 5.41) is 2.15. The average Bonchev–Trinajstić information content (AvgIpc) is 3.38. The molecule has 0 saturated carbocycles. The van der Waals surface area contributed by atoms with Crippen molar-refractivity contribution in [3.63, 3.8) is 0 Å². The monoisotopic (exact) mass is 570 g/mol. The van der Waals surface area contributed by atoms with Crippen LogP contribution < -0.4 is 18.9 Å². The van der Waals surface area contributed by atoms with Gasteiger partial charge in [-0.3, -0.25) is 0 Å². The molecule has 0 N–H and O–H groups in total. The third kappa shape index (κ3) is 3.82. The smallest absolute Gasteiger partial charge is 0.174 e. The molecule has 1 atom stereocenters. The molecule has 3 aliphatic rings. The molecule has 7 rings (SSSR count). The van der Waals surface area contributed by atoms with Crippen LogP contribution >= 0.6 is 0 Å². The average molecular weight is 571 g/mol. The number of hydrogen-bond donors (Lipinski definition) is 0. The van der Waals surface area contributed by atoms with Crippen LogP contribution in [-0.2, 0) is 11.0 Å². The fourth-order valence-corrected chi connectivity index (χ4v) is 7.74. The Labute approximate surface area is 254 Å². The molecule has 1 aliphatic heterocycles. The highest BCUT2D eigenvalue weighted by Crippen LogP contribution is 2.61. The first-order valence-electron chi connectivity index (χ1n) is 15.3. The quantitative estimate of drug-likeness (QED) is 0.222. The SMILES string of the molecule is CCC1(CC)c2ccccc2-c2c1c1c(c3cc(OC)c(OC)cc23)OC(C2=CC=CCC2)(c2ccc(OC)cc2)C=C1. The van der Waals surface area contributed by atoms with Crippen molar-refractivity contribution in [3.05, 3.63) is 113 Å². The lowest BCUT2D eigenvalue weighted by molar-refractivity contribution is 0.154. The van der Waals surface area contributed by atoms with E-state index in [0.29, 0.717) is 11.5 Å². The Morgan fingerprint density at radius 1 is 0.837 bits per heavy atom. The predicted octanol–water partition coefficient (Wildman–Crippen LogP) is 9.53. The molecule has 4 nitrogen and oxygen atoms in total. The Balaban J connectivity index is 1.59. The summed E-state index contributed by atoms with van der Waals surface area (Å²) in [4.78, 5) is 0. The Kier molecular flexibility index (Phi) is 6.61. The molecule has 1 unspecified atom stereocenters. The fraction of sp³-hybridized carbons (Fsp3) is 0.282. The van der Waals surface area contributed by atoms with Gasteiger partial charge in [0.2, 0.25) is 0 Å². The molecule has 0 amide bonds. The number of methoxy groups -OCH3 is 3. The Hall–Kier alpha value is -4.44. The van der Waals surface area contributed by atoms with E-state index in [1.807, 2.05) is 12.1 Å². The van der Waals surface area contributed by atoms with Gasteiger partial charge < -0.3 is 18.9 Å². The zero-order valence-electron chi connectivity index (χ0n) is 25.6. The molecule has 0 fully saturated rings. The minimum atomic E-state index is -0.759. The van der Waals surface area contributed by atoms with Gasteiger partial charge in [-0.05, 0) is 89.2 Å². The molecule has 0 spiro atoms. The number of benzene rings is 4. The van der Waals surface area contributed by atoms with Gasteiger partial charge in [-0.1, -0.05) is 74.5 Å². The number of ether oxygens (including phenoxy) is 4. The van der Waals surface area contributed by atoms with Gasteiger partial charge in [0.15, 0.2) is 17.1 Å². The van der Waals surface area contributed by atoms with Crippen molar-refractivity contribution >= 4 is 16.8 Å². The zero-order chi connectivity index (χ0) is 29.8. The van der Waals surface area contributed by atoms with E-state index in [0.717, 1.165) is 59.1 Å². The minimum absolute atomic E-state index is 0.127. The van der Waals surface area contributed by atoms with E-state index in [4.69, 9.17) is 18.9 Å². The molecule has 4 heteroatoms. The van der Waals surface area contributed by atoms with E-state index in [2.05, 4.69) is 92.8 Å². The summed E-state index contributed by atoms with van der Waals surface area (Å²) in [6.45, 7) is 4.63. The highest BCUT2D eigenvalue weighted by atomic mass is 16.5. The van der Waals surface area contributed by atoms with E-state index in [-0.39, 0.29) is 5.41 Å². The van der Waals surface area contributed by atoms with E-state index in [1.165, 1.54) is 27.8 Å². The molecule has 0 bridgehead atoms. The first kappa shape index (κ1) is 27.4. The lowest BCUT2D eigenvalue weighted by atomic mass is 9.71. The van der Waals surface area contributed by atoms with Crippen LogP contribution in [0.2, 0.25) is 0 Å². The molecule has 43 heavy (non-hydrogen) atoms. The summed E-state index contributed by atoms with van der Waals surface area (Å²) in [7, 11) is 5.10. The summed E-state index contributed by atoms with van der Waals surface area (Å²) in [5.74, 6) is 3.12. The van der Waals surface area contributed by atoms with Crippen molar-refractivity contribution in [2.24, 2.45) is 0 Å². The maximum atomic E-state index is 7.49. The van der Waals surface area contributed by atoms with Crippen molar-refractivity contribution in [3.8, 4) is 34.1 Å². The molecule has 0 radical (unpaired) electrons. The van der Waals surface area contributed by atoms with Gasteiger partial charge >= 0.3 is 0 Å². The summed E-state index contributed by atoms with van der Waals surface area (Å²) in [6.07, 6.45) is 15.1. The minimum Gasteiger partial charge on any atom is -0.497 e. The number of allylic oxidation sites excluding steroid dienone is 3. The van der Waals surface area contributed by atoms with Crippen molar-refractivity contribution in [1.82, 2.24) is 0 Å². The van der Waals surface area contributed by atoms with Crippen LogP contribution in [0.5, 0.6) is 23.0 Å². The molecule has 4 aromatic carbocycles. The summed E-state index contributed by atoms with van der Waals surface area (Å²) < 4.78 is 24.7. The normalized spacial score (nSPS) is 19.2. The van der Waals surface area contributed by atoms with Gasteiger partial charge in [-0.25, -0.2) is 0 Å². The third-order valence-electron chi connectivity index (χ3n) is 9.96. The maximum absolute atomic E-state index is 7.49. The standard InChI is InChI=1S/C39H38O4/c1-6-38(7-2)32-16-12-11-15-28(32)35-30-23-33(41-4)34(42-5)24-31(30)37-29(36(35)38)21-22-39(43-37,25-13-9-8-10-14-25)26-17-19-27(40-3)20-18-26/h8-9,11-13,15-24H,6-7,10,14H2,1-5H3. The lowest BCUT2D eigenvalue weighted by Crippen LogP contribution is -2.36. The molecule has 0 aromatic heterocycles. The van der Waals surface area contributed by atoms with E-state index in [1.54, 1.807) is 21.3 Å². The topological polar surface area (TPSA) is 36.9 Å². The Bertz CT molecular complexity index is 1820. The van der Waals surface area contributed by atoms with E-state index >= 15 is 0 Å². The predicted molar refractivity (Wildman–Crippen MR) is 175 cm³/mol. The zero-order valence-corrected chi connectivity index (χ0v) is 25.6. The molecular weight excluding hydrogens is 532 g/mol. The van der Waals surface area contributed by atoms with Gasteiger partial charge in [0.05, 0.1) is 21.3 Å². The van der Waals surface area contributed by atoms with E-state index < -0.39 is 5.60 Å². The molecular formula is C39H38O4. The third-order valence-corrected chi connectivity index (χ3v) is 9.96. The van der Waals surface area contributed by atoms with Gasteiger partial charge in [0.25, 0.3) is 0 Å². The molecule has 0 saturated heterocycles. The maximum Gasteiger partial charge on any atom is 0.174 e. The molecule has 218 valence electrons. The highest BCUT2D eigenvalue weighted by Gasteiger charge is 2.47. The van der Waals surface area contributed by atoms with Crippen LogP contribution in [0.3, 0.4) is 0 Å². The molecule has 1 heterocycles. The van der Waals surface area contributed by atoms with Gasteiger partial charge in [0, 0.05) is 21.9 Å². The number of rotatable bonds is 7. The number of fused-ring (bicyclic) bond motifs is 8. The van der Waals surface area contributed by atoms with Crippen LogP contribution in [0, 0.1) is 0 Å². The van der Waals surface area contributed by atoms with Crippen LogP contribution in [0.1, 0.15) is 61.8 Å². The fourth-order valence-electron chi connectivity index (χ4n) is 7.74. The highest BCUT2D eigenvalue weighted by molar-refractivity contribution is 6.09. The lowest BCUT2D eigenvalue weighted by Gasteiger charge is -2.41. The van der Waals surface area contributed by atoms with Crippen LogP contribution in [0.4, 0.5) is 0 Å². The van der Waals surface area contributed by atoms with Crippen molar-refractivity contribution in [1.29, 1.82) is 0 Å². The Morgan fingerprint density at radius 2 is 1.56 bits per heavy atom. The summed E-state index contributed by atoms with van der Waals surface area (Å²) in [5.41, 5.74) is 7.89. The van der Waals surface area contributed by atoms with Crippen molar-refractivity contribution in [2.75, 3.05) is 21.3 Å². The summed E-state index contributed by atoms with van der Waals surface area (Å²) >= 11 is 0. The first-order valence-corrected chi connectivity index (χ1v) is 15.3. The second-order valence-corrected chi connectivity index (χ2v) is 11.6. The van der Waals surface area contributed by atoms with Crippen LogP contribution in [-0.4, -0.2) is 21.3 Å². The van der Waals surface area contributed by atoms with Crippen molar-refractivity contribution in [2.45, 2.75) is 50.5 Å². The first-order chi connectivity index (χ1) is 21.0. The van der Waals surface area contributed by atoms with Crippen LogP contribution in [0.15, 0.2) is 90.5 Å². The second kappa shape index (κ2) is 10.4. The molecule has 4 aromatic rings. The largest absolute Gasteiger partial charge is 0.497 e. The summed E-state index contributed by atoms with van der Waals surface area (Å²) in [6, 6.07) is 21.5. The van der Waals surface area contributed by atoms with Crippen molar-refractivity contribution < 1.29 is 18.9 Å². The van der Waals surface area contributed by atoms with E-state index in [9.17, 15) is 0 Å². The Morgan fingerprint density at radius 3 is 2.21 bits per heavy atom. The number of hydrogen-bond acceptors (Lipinski definition) is 4. The van der Waals surface area contributed by atoms with Gasteiger partial charge in [0.1, 0.15) is 11.5 Å². The second-order valence-electron chi connectivity index (χ2n) is 11.6. The van der Waals surface area contributed by atoms with Gasteiger partial charge in [-0.15, -0.1) is 0 Å². The van der Waals surface area contributed by atoms with Crippen LogP contribution in [0.25, 0.3) is 28.0 Å².